The summed E-state index contributed by atoms with van der Waals surface area (Å²) in [6, 6.07) is 13.1. The second-order valence-corrected chi connectivity index (χ2v) is 6.84. The van der Waals surface area contributed by atoms with Gasteiger partial charge in [-0.3, -0.25) is 4.79 Å². The summed E-state index contributed by atoms with van der Waals surface area (Å²) in [6.45, 7) is 7.15. The quantitative estimate of drug-likeness (QED) is 0.675. The molecule has 5 heteroatoms. The summed E-state index contributed by atoms with van der Waals surface area (Å²) in [6.07, 6.45) is 1.09. The van der Waals surface area contributed by atoms with Gasteiger partial charge in [0.25, 0.3) is 5.91 Å². The first-order chi connectivity index (χ1) is 12.0. The van der Waals surface area contributed by atoms with E-state index in [9.17, 15) is 4.79 Å². The summed E-state index contributed by atoms with van der Waals surface area (Å²) >= 11 is 3.45. The van der Waals surface area contributed by atoms with Gasteiger partial charge in [-0.1, -0.05) is 19.1 Å². The van der Waals surface area contributed by atoms with Crippen LogP contribution in [0.2, 0.25) is 0 Å². The topological polar surface area (TPSA) is 47.6 Å². The number of benzene rings is 2. The maximum atomic E-state index is 12.3. The van der Waals surface area contributed by atoms with Crippen LogP contribution in [0.25, 0.3) is 0 Å². The van der Waals surface area contributed by atoms with Crippen LogP contribution in [0.5, 0.6) is 11.5 Å². The third-order valence-corrected chi connectivity index (χ3v) is 4.02. The molecule has 0 aromatic heterocycles. The lowest BCUT2D eigenvalue weighted by Gasteiger charge is -2.11. The smallest absolute Gasteiger partial charge is 0.251 e. The number of hydrogen-bond acceptors (Lipinski definition) is 3. The third kappa shape index (κ3) is 6.09. The minimum Gasteiger partial charge on any atom is -0.492 e. The number of amides is 1. The van der Waals surface area contributed by atoms with Crippen LogP contribution in [-0.2, 0) is 6.54 Å². The molecular weight excluding hydrogens is 382 g/mol. The Morgan fingerprint density at radius 1 is 1.16 bits per heavy atom. The van der Waals surface area contributed by atoms with Gasteiger partial charge >= 0.3 is 0 Å². The number of ether oxygens (including phenoxy) is 2. The van der Waals surface area contributed by atoms with E-state index >= 15 is 0 Å². The van der Waals surface area contributed by atoms with Crippen LogP contribution < -0.4 is 14.8 Å². The van der Waals surface area contributed by atoms with Crippen molar-refractivity contribution in [2.75, 3.05) is 6.61 Å². The molecule has 0 aliphatic carbocycles. The van der Waals surface area contributed by atoms with Gasteiger partial charge < -0.3 is 14.8 Å². The summed E-state index contributed by atoms with van der Waals surface area (Å²) in [4.78, 5) is 12.3. The minimum absolute atomic E-state index is 0.120. The maximum absolute atomic E-state index is 12.3. The Morgan fingerprint density at radius 3 is 2.48 bits per heavy atom. The van der Waals surface area contributed by atoms with Crippen molar-refractivity contribution in [3.8, 4) is 11.5 Å². The molecule has 4 nitrogen and oxygen atoms in total. The number of hydrogen-bond donors (Lipinski definition) is 1. The SMILES string of the molecule is CCCOc1ccc(C(=O)NCc2ccc(OC(C)C)cc2)cc1Br. The fraction of sp³-hybridized carbons (Fsp3) is 0.350. The molecule has 2 aromatic carbocycles. The highest BCUT2D eigenvalue weighted by Gasteiger charge is 2.09. The number of carbonyl (C=O) groups excluding carboxylic acids is 1. The van der Waals surface area contributed by atoms with Crippen LogP contribution in [0.15, 0.2) is 46.9 Å². The van der Waals surface area contributed by atoms with E-state index in [1.54, 1.807) is 12.1 Å². The van der Waals surface area contributed by atoms with Crippen LogP contribution in [0.1, 0.15) is 43.1 Å². The fourth-order valence-corrected chi connectivity index (χ4v) is 2.71. The molecular formula is C20H24BrNO3. The van der Waals surface area contributed by atoms with Gasteiger partial charge in [-0.05, 0) is 72.1 Å². The van der Waals surface area contributed by atoms with Crippen LogP contribution in [0.4, 0.5) is 0 Å². The molecule has 1 N–H and O–H groups in total. The first-order valence-electron chi connectivity index (χ1n) is 8.45. The summed E-state index contributed by atoms with van der Waals surface area (Å²) in [7, 11) is 0. The number of carbonyl (C=O) groups is 1. The second kappa shape index (κ2) is 9.47. The van der Waals surface area contributed by atoms with Crippen molar-refractivity contribution in [2.24, 2.45) is 0 Å². The van der Waals surface area contributed by atoms with E-state index in [0.717, 1.165) is 28.0 Å². The second-order valence-electron chi connectivity index (χ2n) is 5.99. The highest BCUT2D eigenvalue weighted by molar-refractivity contribution is 9.10. The molecule has 0 aliphatic heterocycles. The van der Waals surface area contributed by atoms with Crippen LogP contribution in [0.3, 0.4) is 0 Å². The van der Waals surface area contributed by atoms with E-state index in [0.29, 0.717) is 18.7 Å². The van der Waals surface area contributed by atoms with Crippen molar-refractivity contribution >= 4 is 21.8 Å². The zero-order chi connectivity index (χ0) is 18.2. The van der Waals surface area contributed by atoms with Crippen molar-refractivity contribution in [1.29, 1.82) is 0 Å². The number of rotatable bonds is 8. The Morgan fingerprint density at radius 2 is 1.88 bits per heavy atom. The van der Waals surface area contributed by atoms with Gasteiger partial charge in [-0.15, -0.1) is 0 Å². The van der Waals surface area contributed by atoms with E-state index in [1.807, 2.05) is 44.2 Å². The van der Waals surface area contributed by atoms with Crippen LogP contribution in [-0.4, -0.2) is 18.6 Å². The van der Waals surface area contributed by atoms with Gasteiger partial charge in [-0.2, -0.15) is 0 Å². The lowest BCUT2D eigenvalue weighted by Crippen LogP contribution is -2.22. The van der Waals surface area contributed by atoms with Gasteiger partial charge in [0.1, 0.15) is 11.5 Å². The number of halogens is 1. The molecule has 0 unspecified atom stereocenters. The summed E-state index contributed by atoms with van der Waals surface area (Å²) in [5.41, 5.74) is 1.61. The highest BCUT2D eigenvalue weighted by atomic mass is 79.9. The molecule has 0 radical (unpaired) electrons. The number of nitrogens with one attached hydrogen (secondary N) is 1. The summed E-state index contributed by atoms with van der Waals surface area (Å²) in [5.74, 6) is 1.46. The summed E-state index contributed by atoms with van der Waals surface area (Å²) in [5, 5.41) is 2.92. The van der Waals surface area contributed by atoms with Crippen molar-refractivity contribution in [3.63, 3.8) is 0 Å². The Kier molecular flexibility index (Phi) is 7.31. The summed E-state index contributed by atoms with van der Waals surface area (Å²) < 4.78 is 12.0. The Labute approximate surface area is 157 Å². The Hall–Kier alpha value is -2.01. The Bertz CT molecular complexity index is 699. The molecule has 0 saturated carbocycles. The molecule has 0 heterocycles. The average Bonchev–Trinajstić information content (AvgIpc) is 2.59. The fourth-order valence-electron chi connectivity index (χ4n) is 2.21. The van der Waals surface area contributed by atoms with E-state index in [1.165, 1.54) is 0 Å². The minimum atomic E-state index is -0.120. The Balaban J connectivity index is 1.92. The van der Waals surface area contributed by atoms with E-state index < -0.39 is 0 Å². The first kappa shape index (κ1) is 19.3. The largest absolute Gasteiger partial charge is 0.492 e. The van der Waals surface area contributed by atoms with Gasteiger partial charge in [0.05, 0.1) is 17.2 Å². The highest BCUT2D eigenvalue weighted by Crippen LogP contribution is 2.26. The molecule has 0 saturated heterocycles. The maximum Gasteiger partial charge on any atom is 0.251 e. The molecule has 0 spiro atoms. The molecule has 2 aromatic rings. The molecule has 0 atom stereocenters. The molecule has 2 rings (SSSR count). The van der Waals surface area contributed by atoms with Gasteiger partial charge in [0, 0.05) is 12.1 Å². The van der Waals surface area contributed by atoms with Gasteiger partial charge in [-0.25, -0.2) is 0 Å². The van der Waals surface area contributed by atoms with Crippen LogP contribution in [0, 0.1) is 0 Å². The average molecular weight is 406 g/mol. The first-order valence-corrected chi connectivity index (χ1v) is 9.25. The molecule has 1 amide bonds. The predicted octanol–water partition coefficient (Wildman–Crippen LogP) is 4.96. The standard InChI is InChI=1S/C20H24BrNO3/c1-4-11-24-19-10-7-16(12-18(19)21)20(23)22-13-15-5-8-17(9-6-15)25-14(2)3/h5-10,12,14H,4,11,13H2,1-3H3,(H,22,23). The monoisotopic (exact) mass is 405 g/mol. The normalized spacial score (nSPS) is 10.6. The molecule has 134 valence electrons. The van der Waals surface area contributed by atoms with E-state index in [-0.39, 0.29) is 12.0 Å². The molecule has 25 heavy (non-hydrogen) atoms. The molecule has 0 bridgehead atoms. The zero-order valence-electron chi connectivity index (χ0n) is 14.8. The van der Waals surface area contributed by atoms with Gasteiger partial charge in [0.15, 0.2) is 0 Å². The van der Waals surface area contributed by atoms with Gasteiger partial charge in [0.2, 0.25) is 0 Å². The van der Waals surface area contributed by atoms with Crippen molar-refractivity contribution < 1.29 is 14.3 Å². The predicted molar refractivity (Wildman–Crippen MR) is 103 cm³/mol. The van der Waals surface area contributed by atoms with E-state index in [4.69, 9.17) is 9.47 Å². The molecule has 0 aliphatic rings. The lowest BCUT2D eigenvalue weighted by molar-refractivity contribution is 0.0951. The zero-order valence-corrected chi connectivity index (χ0v) is 16.4. The van der Waals surface area contributed by atoms with Crippen molar-refractivity contribution in [3.05, 3.63) is 58.1 Å². The lowest BCUT2D eigenvalue weighted by atomic mass is 10.2. The van der Waals surface area contributed by atoms with Crippen molar-refractivity contribution in [2.45, 2.75) is 39.8 Å². The van der Waals surface area contributed by atoms with Crippen molar-refractivity contribution in [1.82, 2.24) is 5.32 Å². The van der Waals surface area contributed by atoms with Crippen LogP contribution >= 0.6 is 15.9 Å². The molecule has 0 fully saturated rings. The van der Waals surface area contributed by atoms with E-state index in [2.05, 4.69) is 28.2 Å². The third-order valence-electron chi connectivity index (χ3n) is 3.40.